The Kier molecular flexibility index (Phi) is 4.99. The van der Waals surface area contributed by atoms with Gasteiger partial charge in [-0.2, -0.15) is 5.26 Å². The SMILES string of the molecule is C[C@@H]1CCCC[C@H]1NC(=O)/C(C#N)=C/c1cccc(O)c1. The maximum Gasteiger partial charge on any atom is 0.262 e. The van der Waals surface area contributed by atoms with E-state index in [-0.39, 0.29) is 23.3 Å². The van der Waals surface area contributed by atoms with E-state index in [4.69, 9.17) is 0 Å². The highest BCUT2D eigenvalue weighted by atomic mass is 16.3. The van der Waals surface area contributed by atoms with Crippen LogP contribution >= 0.6 is 0 Å². The van der Waals surface area contributed by atoms with Crippen LogP contribution < -0.4 is 5.32 Å². The standard InChI is InChI=1S/C17H20N2O2/c1-12-5-2-3-8-16(12)19-17(21)14(11-18)9-13-6-4-7-15(20)10-13/h4,6-7,9-10,12,16,20H,2-3,5,8H2,1H3,(H,19,21)/b14-9+/t12-,16-/m1/s1. The van der Waals surface area contributed by atoms with Gasteiger partial charge in [-0.25, -0.2) is 0 Å². The lowest BCUT2D eigenvalue weighted by atomic mass is 9.86. The minimum absolute atomic E-state index is 0.0679. The van der Waals surface area contributed by atoms with Crippen LogP contribution in [0.15, 0.2) is 29.8 Å². The van der Waals surface area contributed by atoms with Crippen LogP contribution in [0.3, 0.4) is 0 Å². The quantitative estimate of drug-likeness (QED) is 0.662. The Balaban J connectivity index is 2.10. The summed E-state index contributed by atoms with van der Waals surface area (Å²) in [6.45, 7) is 2.13. The third-order valence-electron chi connectivity index (χ3n) is 3.97. The molecule has 1 fully saturated rings. The van der Waals surface area contributed by atoms with Gasteiger partial charge in [-0.3, -0.25) is 4.79 Å². The second kappa shape index (κ2) is 6.94. The van der Waals surface area contributed by atoms with Crippen LogP contribution in [0.4, 0.5) is 0 Å². The summed E-state index contributed by atoms with van der Waals surface area (Å²) >= 11 is 0. The molecule has 0 heterocycles. The van der Waals surface area contributed by atoms with Crippen LogP contribution in [-0.4, -0.2) is 17.1 Å². The van der Waals surface area contributed by atoms with Crippen LogP contribution in [0.1, 0.15) is 38.2 Å². The van der Waals surface area contributed by atoms with Gasteiger partial charge in [-0.1, -0.05) is 31.9 Å². The smallest absolute Gasteiger partial charge is 0.262 e. The van der Waals surface area contributed by atoms with Crippen molar-refractivity contribution in [1.29, 1.82) is 5.26 Å². The number of carbonyl (C=O) groups excluding carboxylic acids is 1. The Labute approximate surface area is 125 Å². The third-order valence-corrected chi connectivity index (χ3v) is 3.97. The van der Waals surface area contributed by atoms with Gasteiger partial charge in [-0.15, -0.1) is 0 Å². The summed E-state index contributed by atoms with van der Waals surface area (Å²) in [7, 11) is 0. The number of nitrogens with zero attached hydrogens (tertiary/aromatic N) is 1. The fourth-order valence-corrected chi connectivity index (χ4v) is 2.71. The number of phenols is 1. The molecule has 2 atom stereocenters. The number of hydrogen-bond donors (Lipinski definition) is 2. The molecular formula is C17H20N2O2. The summed E-state index contributed by atoms with van der Waals surface area (Å²) in [5, 5.41) is 21.6. The van der Waals surface area contributed by atoms with Gasteiger partial charge in [0, 0.05) is 6.04 Å². The molecule has 0 aliphatic heterocycles. The van der Waals surface area contributed by atoms with E-state index in [1.807, 2.05) is 6.07 Å². The maximum atomic E-state index is 12.2. The van der Waals surface area contributed by atoms with Gasteiger partial charge in [-0.05, 0) is 42.5 Å². The van der Waals surface area contributed by atoms with Crippen molar-refractivity contribution in [3.8, 4) is 11.8 Å². The van der Waals surface area contributed by atoms with Crippen molar-refractivity contribution in [3.63, 3.8) is 0 Å². The molecule has 1 aliphatic carbocycles. The molecule has 0 bridgehead atoms. The monoisotopic (exact) mass is 284 g/mol. The van der Waals surface area contributed by atoms with Gasteiger partial charge >= 0.3 is 0 Å². The lowest BCUT2D eigenvalue weighted by Crippen LogP contribution is -2.41. The van der Waals surface area contributed by atoms with E-state index in [2.05, 4.69) is 12.2 Å². The van der Waals surface area contributed by atoms with E-state index in [1.165, 1.54) is 18.6 Å². The molecule has 1 amide bonds. The summed E-state index contributed by atoms with van der Waals surface area (Å²) in [5.74, 6) is 0.227. The average Bonchev–Trinajstić information content (AvgIpc) is 2.47. The molecule has 2 N–H and O–H groups in total. The Bertz CT molecular complexity index is 587. The molecule has 1 aromatic rings. The molecule has 0 saturated heterocycles. The molecule has 0 unspecified atom stereocenters. The van der Waals surface area contributed by atoms with Crippen LogP contribution in [-0.2, 0) is 4.79 Å². The summed E-state index contributed by atoms with van der Waals surface area (Å²) in [6, 6.07) is 8.58. The second-order valence-electron chi connectivity index (χ2n) is 5.61. The number of carbonyl (C=O) groups is 1. The molecule has 0 spiro atoms. The van der Waals surface area contributed by atoms with E-state index in [0.717, 1.165) is 19.3 Å². The fourth-order valence-electron chi connectivity index (χ4n) is 2.71. The number of phenolic OH excluding ortho intramolecular Hbond substituents is 1. The molecular weight excluding hydrogens is 264 g/mol. The molecule has 110 valence electrons. The largest absolute Gasteiger partial charge is 0.508 e. The zero-order valence-corrected chi connectivity index (χ0v) is 12.2. The molecule has 0 aromatic heterocycles. The Hall–Kier alpha value is -2.28. The van der Waals surface area contributed by atoms with Crippen molar-refractivity contribution in [2.45, 2.75) is 38.6 Å². The van der Waals surface area contributed by atoms with Crippen molar-refractivity contribution in [2.75, 3.05) is 0 Å². The first-order chi connectivity index (χ1) is 10.1. The number of nitriles is 1. The predicted octanol–water partition coefficient (Wildman–Crippen LogP) is 2.99. The van der Waals surface area contributed by atoms with Gasteiger partial charge in [0.2, 0.25) is 0 Å². The van der Waals surface area contributed by atoms with Gasteiger partial charge in [0.05, 0.1) is 0 Å². The minimum Gasteiger partial charge on any atom is -0.508 e. The van der Waals surface area contributed by atoms with E-state index < -0.39 is 0 Å². The lowest BCUT2D eigenvalue weighted by molar-refractivity contribution is -0.118. The van der Waals surface area contributed by atoms with Crippen molar-refractivity contribution in [1.82, 2.24) is 5.32 Å². The third kappa shape index (κ3) is 4.09. The second-order valence-corrected chi connectivity index (χ2v) is 5.61. The van der Waals surface area contributed by atoms with E-state index in [1.54, 1.807) is 18.2 Å². The average molecular weight is 284 g/mol. The van der Waals surface area contributed by atoms with E-state index in [9.17, 15) is 15.2 Å². The molecule has 4 nitrogen and oxygen atoms in total. The predicted molar refractivity (Wildman–Crippen MR) is 81.3 cm³/mol. The number of nitrogens with one attached hydrogen (secondary N) is 1. The molecule has 21 heavy (non-hydrogen) atoms. The number of rotatable bonds is 3. The highest BCUT2D eigenvalue weighted by Gasteiger charge is 2.23. The molecule has 1 saturated carbocycles. The van der Waals surface area contributed by atoms with Gasteiger partial charge in [0.25, 0.3) is 5.91 Å². The first-order valence-corrected chi connectivity index (χ1v) is 7.32. The fraction of sp³-hybridized carbons (Fsp3) is 0.412. The number of amides is 1. The Morgan fingerprint density at radius 3 is 2.86 bits per heavy atom. The van der Waals surface area contributed by atoms with Gasteiger partial charge in [0.15, 0.2) is 0 Å². The molecule has 1 aromatic carbocycles. The minimum atomic E-state index is -0.334. The van der Waals surface area contributed by atoms with Crippen molar-refractivity contribution in [3.05, 3.63) is 35.4 Å². The highest BCUT2D eigenvalue weighted by molar-refractivity contribution is 6.01. The van der Waals surface area contributed by atoms with E-state index >= 15 is 0 Å². The zero-order valence-electron chi connectivity index (χ0n) is 12.2. The normalized spacial score (nSPS) is 22.4. The molecule has 1 aliphatic rings. The summed E-state index contributed by atoms with van der Waals surface area (Å²) in [5.41, 5.74) is 0.705. The summed E-state index contributed by atoms with van der Waals surface area (Å²) in [6.07, 6.45) is 5.91. The van der Waals surface area contributed by atoms with Crippen LogP contribution in [0.2, 0.25) is 0 Å². The van der Waals surface area contributed by atoms with Crippen LogP contribution in [0.5, 0.6) is 5.75 Å². The lowest BCUT2D eigenvalue weighted by Gasteiger charge is -2.29. The van der Waals surface area contributed by atoms with Gasteiger partial charge in [0.1, 0.15) is 17.4 Å². The van der Waals surface area contributed by atoms with Gasteiger partial charge < -0.3 is 10.4 Å². The Morgan fingerprint density at radius 2 is 2.19 bits per heavy atom. The maximum absolute atomic E-state index is 12.2. The topological polar surface area (TPSA) is 73.1 Å². The van der Waals surface area contributed by atoms with Crippen LogP contribution in [0.25, 0.3) is 6.08 Å². The van der Waals surface area contributed by atoms with Crippen molar-refractivity contribution < 1.29 is 9.90 Å². The first-order valence-electron chi connectivity index (χ1n) is 7.32. The first kappa shape index (κ1) is 15.1. The number of aromatic hydroxyl groups is 1. The number of benzene rings is 1. The molecule has 0 radical (unpaired) electrons. The van der Waals surface area contributed by atoms with Crippen molar-refractivity contribution >= 4 is 12.0 Å². The summed E-state index contributed by atoms with van der Waals surface area (Å²) < 4.78 is 0. The molecule has 4 heteroatoms. The number of hydrogen-bond acceptors (Lipinski definition) is 3. The Morgan fingerprint density at radius 1 is 1.43 bits per heavy atom. The van der Waals surface area contributed by atoms with E-state index in [0.29, 0.717) is 11.5 Å². The highest BCUT2D eigenvalue weighted by Crippen LogP contribution is 2.24. The zero-order chi connectivity index (χ0) is 15.2. The molecule has 2 rings (SSSR count). The van der Waals surface area contributed by atoms with Crippen molar-refractivity contribution in [2.24, 2.45) is 5.92 Å². The summed E-state index contributed by atoms with van der Waals surface area (Å²) in [4.78, 5) is 12.2. The van der Waals surface area contributed by atoms with Crippen LogP contribution in [0, 0.1) is 17.2 Å².